The highest BCUT2D eigenvalue weighted by molar-refractivity contribution is 9.11. The minimum atomic E-state index is -3.33. The van der Waals surface area contributed by atoms with Crippen molar-refractivity contribution in [2.75, 3.05) is 12.4 Å². The molecule has 2 N–H and O–H groups in total. The highest BCUT2D eigenvalue weighted by Crippen LogP contribution is 2.28. The molecule has 18 heavy (non-hydrogen) atoms. The Hall–Kier alpha value is -0.110. The van der Waals surface area contributed by atoms with Gasteiger partial charge in [0.15, 0.2) is 0 Å². The van der Waals surface area contributed by atoms with E-state index in [1.807, 2.05) is 18.2 Å². The summed E-state index contributed by atoms with van der Waals surface area (Å²) in [5.41, 5.74) is 0. The second-order valence-electron chi connectivity index (χ2n) is 3.85. The number of hydrogen-bond acceptors (Lipinski definition) is 3. The first-order chi connectivity index (χ1) is 8.38. The molecule has 7 heteroatoms. The molecule has 1 rings (SSSR count). The van der Waals surface area contributed by atoms with Crippen LogP contribution in [0.5, 0.6) is 5.75 Å². The lowest BCUT2D eigenvalue weighted by atomic mass is 10.3. The summed E-state index contributed by atoms with van der Waals surface area (Å²) in [4.78, 5) is 0. The average molecular weight is 401 g/mol. The quantitative estimate of drug-likeness (QED) is 0.715. The van der Waals surface area contributed by atoms with Crippen molar-refractivity contribution in [2.24, 2.45) is 5.14 Å². The molecule has 0 radical (unpaired) electrons. The summed E-state index contributed by atoms with van der Waals surface area (Å²) in [5, 5.41) is 4.91. The molecule has 0 spiro atoms. The molecule has 0 atom stereocenters. The van der Waals surface area contributed by atoms with Crippen LogP contribution in [0.4, 0.5) is 0 Å². The highest BCUT2D eigenvalue weighted by Gasteiger charge is 2.03. The fourth-order valence-electron chi connectivity index (χ4n) is 1.36. The van der Waals surface area contributed by atoms with Crippen molar-refractivity contribution in [1.82, 2.24) is 0 Å². The smallest absolute Gasteiger partial charge is 0.209 e. The molecule has 0 aliphatic carbocycles. The SMILES string of the molecule is NS(=O)(=O)CCCCCOc1ccc(Br)cc1Br. The van der Waals surface area contributed by atoms with E-state index in [-0.39, 0.29) is 5.75 Å². The van der Waals surface area contributed by atoms with Gasteiger partial charge < -0.3 is 4.74 Å². The summed E-state index contributed by atoms with van der Waals surface area (Å²) >= 11 is 6.77. The van der Waals surface area contributed by atoms with Gasteiger partial charge >= 0.3 is 0 Å². The molecular weight excluding hydrogens is 386 g/mol. The van der Waals surface area contributed by atoms with Crippen molar-refractivity contribution in [2.45, 2.75) is 19.3 Å². The van der Waals surface area contributed by atoms with E-state index in [4.69, 9.17) is 9.88 Å². The Morgan fingerprint density at radius 1 is 1.17 bits per heavy atom. The molecule has 0 unspecified atom stereocenters. The average Bonchev–Trinajstić information content (AvgIpc) is 2.24. The predicted molar refractivity (Wildman–Crippen MR) is 79.2 cm³/mol. The van der Waals surface area contributed by atoms with Gasteiger partial charge in [0, 0.05) is 4.47 Å². The lowest BCUT2D eigenvalue weighted by Gasteiger charge is -2.08. The van der Waals surface area contributed by atoms with Gasteiger partial charge in [-0.15, -0.1) is 0 Å². The number of sulfonamides is 1. The third-order valence-electron chi connectivity index (χ3n) is 2.22. The summed E-state index contributed by atoms with van der Waals surface area (Å²) in [7, 11) is -3.33. The maximum atomic E-state index is 10.7. The number of unbranched alkanes of at least 4 members (excludes halogenated alkanes) is 2. The van der Waals surface area contributed by atoms with E-state index in [1.165, 1.54) is 0 Å². The molecule has 102 valence electrons. The van der Waals surface area contributed by atoms with Gasteiger partial charge in [0.1, 0.15) is 5.75 Å². The van der Waals surface area contributed by atoms with Crippen LogP contribution in [0.15, 0.2) is 27.1 Å². The largest absolute Gasteiger partial charge is 0.492 e. The van der Waals surface area contributed by atoms with Crippen molar-refractivity contribution in [3.8, 4) is 5.75 Å². The Labute approximate surface area is 124 Å². The highest BCUT2D eigenvalue weighted by atomic mass is 79.9. The van der Waals surface area contributed by atoms with Crippen molar-refractivity contribution in [3.05, 3.63) is 27.1 Å². The standard InChI is InChI=1S/C11H15Br2NO3S/c12-9-4-5-11(10(13)8-9)17-6-2-1-3-7-18(14,15)16/h4-5,8H,1-3,6-7H2,(H2,14,15,16). The molecular formula is C11H15Br2NO3S. The maximum Gasteiger partial charge on any atom is 0.209 e. The van der Waals surface area contributed by atoms with E-state index < -0.39 is 10.0 Å². The van der Waals surface area contributed by atoms with E-state index in [2.05, 4.69) is 31.9 Å². The van der Waals surface area contributed by atoms with E-state index in [0.717, 1.165) is 27.5 Å². The van der Waals surface area contributed by atoms with Crippen LogP contribution in [0.1, 0.15) is 19.3 Å². The number of nitrogens with two attached hydrogens (primary N) is 1. The zero-order valence-corrected chi connectivity index (χ0v) is 13.7. The molecule has 0 saturated heterocycles. The van der Waals surface area contributed by atoms with Crippen molar-refractivity contribution in [1.29, 1.82) is 0 Å². The summed E-state index contributed by atoms with van der Waals surface area (Å²) in [6, 6.07) is 5.69. The van der Waals surface area contributed by atoms with Crippen LogP contribution in [-0.4, -0.2) is 20.8 Å². The van der Waals surface area contributed by atoms with Crippen LogP contribution in [0.3, 0.4) is 0 Å². The Kier molecular flexibility index (Phi) is 6.62. The minimum absolute atomic E-state index is 0.0367. The molecule has 0 fully saturated rings. The third-order valence-corrected chi connectivity index (χ3v) is 4.20. The molecule has 0 saturated carbocycles. The lowest BCUT2D eigenvalue weighted by molar-refractivity contribution is 0.304. The number of hydrogen-bond donors (Lipinski definition) is 1. The Bertz CT molecular complexity index is 491. The maximum absolute atomic E-state index is 10.7. The molecule has 0 bridgehead atoms. The first-order valence-corrected chi connectivity index (χ1v) is 8.77. The van der Waals surface area contributed by atoms with Gasteiger partial charge in [0.25, 0.3) is 0 Å². The summed E-state index contributed by atoms with van der Waals surface area (Å²) in [6.45, 7) is 0.560. The molecule has 0 aliphatic rings. The van der Waals surface area contributed by atoms with Gasteiger partial charge in [0.2, 0.25) is 10.0 Å². The number of rotatable bonds is 7. The molecule has 4 nitrogen and oxygen atoms in total. The predicted octanol–water partition coefficient (Wildman–Crippen LogP) is 3.05. The molecule has 0 aliphatic heterocycles. The van der Waals surface area contributed by atoms with Crippen molar-refractivity contribution in [3.63, 3.8) is 0 Å². The molecule has 0 amide bonds. The van der Waals surface area contributed by atoms with Crippen LogP contribution in [0.2, 0.25) is 0 Å². The minimum Gasteiger partial charge on any atom is -0.492 e. The van der Waals surface area contributed by atoms with Crippen LogP contribution in [0, 0.1) is 0 Å². The Morgan fingerprint density at radius 2 is 1.89 bits per heavy atom. The zero-order valence-electron chi connectivity index (χ0n) is 9.73. The monoisotopic (exact) mass is 399 g/mol. The normalized spacial score (nSPS) is 11.5. The van der Waals surface area contributed by atoms with Crippen LogP contribution >= 0.6 is 31.9 Å². The number of primary sulfonamides is 1. The fraction of sp³-hybridized carbons (Fsp3) is 0.455. The molecule has 0 heterocycles. The summed E-state index contributed by atoms with van der Waals surface area (Å²) in [5.74, 6) is 0.819. The summed E-state index contributed by atoms with van der Waals surface area (Å²) < 4.78 is 28.8. The first kappa shape index (κ1) is 15.9. The topological polar surface area (TPSA) is 69.4 Å². The number of benzene rings is 1. The molecule has 1 aromatic rings. The Morgan fingerprint density at radius 3 is 2.50 bits per heavy atom. The number of ether oxygens (including phenoxy) is 1. The van der Waals surface area contributed by atoms with E-state index in [9.17, 15) is 8.42 Å². The second kappa shape index (κ2) is 7.47. The Balaban J connectivity index is 2.22. The first-order valence-electron chi connectivity index (χ1n) is 5.47. The summed E-state index contributed by atoms with van der Waals surface area (Å²) in [6.07, 6.45) is 2.16. The van der Waals surface area contributed by atoms with Crippen LogP contribution < -0.4 is 9.88 Å². The van der Waals surface area contributed by atoms with Gasteiger partial charge in [-0.25, -0.2) is 13.6 Å². The van der Waals surface area contributed by atoms with Gasteiger partial charge in [-0.2, -0.15) is 0 Å². The van der Waals surface area contributed by atoms with Gasteiger partial charge in [-0.1, -0.05) is 15.9 Å². The van der Waals surface area contributed by atoms with Crippen molar-refractivity contribution >= 4 is 41.9 Å². The van der Waals surface area contributed by atoms with Crippen molar-refractivity contribution < 1.29 is 13.2 Å². The van der Waals surface area contributed by atoms with Crippen LogP contribution in [0.25, 0.3) is 0 Å². The second-order valence-corrected chi connectivity index (χ2v) is 7.35. The van der Waals surface area contributed by atoms with E-state index >= 15 is 0 Å². The van der Waals surface area contributed by atoms with E-state index in [1.54, 1.807) is 0 Å². The molecule has 0 aromatic heterocycles. The number of halogens is 2. The van der Waals surface area contributed by atoms with Gasteiger partial charge in [0.05, 0.1) is 16.8 Å². The third kappa shape index (κ3) is 6.72. The van der Waals surface area contributed by atoms with Gasteiger partial charge in [-0.05, 0) is 53.4 Å². The fourth-order valence-corrected chi connectivity index (χ4v) is 3.12. The van der Waals surface area contributed by atoms with Gasteiger partial charge in [-0.3, -0.25) is 0 Å². The van der Waals surface area contributed by atoms with Crippen LogP contribution in [-0.2, 0) is 10.0 Å². The lowest BCUT2D eigenvalue weighted by Crippen LogP contribution is -2.16. The molecule has 1 aromatic carbocycles. The zero-order chi connectivity index (χ0) is 13.6. The van der Waals surface area contributed by atoms with E-state index in [0.29, 0.717) is 13.0 Å².